The first kappa shape index (κ1) is 14.2. The van der Waals surface area contributed by atoms with Crippen LogP contribution in [0.5, 0.6) is 0 Å². The molecule has 0 aliphatic heterocycles. The van der Waals surface area contributed by atoms with Crippen molar-refractivity contribution in [3.63, 3.8) is 0 Å². The van der Waals surface area contributed by atoms with Crippen LogP contribution in [-0.2, 0) is 4.79 Å². The zero-order chi connectivity index (χ0) is 12.8. The summed E-state index contributed by atoms with van der Waals surface area (Å²) in [6, 6.07) is 8.34. The molecule has 0 fully saturated rings. The van der Waals surface area contributed by atoms with Crippen LogP contribution in [0.15, 0.2) is 28.7 Å². The highest BCUT2D eigenvalue weighted by molar-refractivity contribution is 9.10. The number of hydrogen-bond donors (Lipinski definition) is 2. The van der Waals surface area contributed by atoms with Gasteiger partial charge in [-0.15, -0.1) is 0 Å². The third kappa shape index (κ3) is 4.88. The van der Waals surface area contributed by atoms with Gasteiger partial charge in [0.15, 0.2) is 0 Å². The first-order valence-corrected chi connectivity index (χ1v) is 6.57. The number of benzene rings is 1. The van der Waals surface area contributed by atoms with Crippen molar-refractivity contribution in [1.82, 2.24) is 10.6 Å². The summed E-state index contributed by atoms with van der Waals surface area (Å²) in [7, 11) is 0. The maximum absolute atomic E-state index is 11.5. The van der Waals surface area contributed by atoms with E-state index in [2.05, 4.69) is 26.6 Å². The first-order chi connectivity index (χ1) is 8.00. The Bertz CT molecular complexity index is 379. The Balaban J connectivity index is 2.48. The zero-order valence-electron chi connectivity index (χ0n) is 10.5. The van der Waals surface area contributed by atoms with E-state index in [1.807, 2.05) is 45.0 Å². The van der Waals surface area contributed by atoms with Gasteiger partial charge in [0.05, 0.1) is 6.54 Å². The number of nitrogens with one attached hydrogen (secondary N) is 2. The molecule has 1 amide bonds. The van der Waals surface area contributed by atoms with E-state index in [1.165, 1.54) is 0 Å². The van der Waals surface area contributed by atoms with E-state index in [-0.39, 0.29) is 18.0 Å². The summed E-state index contributed by atoms with van der Waals surface area (Å²) in [5.41, 5.74) is 1.16. The fraction of sp³-hybridized carbons (Fsp3) is 0.462. The lowest BCUT2D eigenvalue weighted by Crippen LogP contribution is -2.38. The third-order valence-electron chi connectivity index (χ3n) is 2.39. The van der Waals surface area contributed by atoms with Crippen molar-refractivity contribution in [2.45, 2.75) is 32.9 Å². The first-order valence-electron chi connectivity index (χ1n) is 5.78. The number of carbonyl (C=O) groups is 1. The van der Waals surface area contributed by atoms with E-state index in [0.717, 1.165) is 10.0 Å². The van der Waals surface area contributed by atoms with Crippen molar-refractivity contribution >= 4 is 21.8 Å². The van der Waals surface area contributed by atoms with Crippen LogP contribution in [0.25, 0.3) is 0 Å². The molecule has 0 saturated heterocycles. The molecular formula is C13H19BrN2O. The van der Waals surface area contributed by atoms with Crippen LogP contribution in [0.2, 0.25) is 0 Å². The summed E-state index contributed by atoms with van der Waals surface area (Å²) in [6.07, 6.45) is 0. The lowest BCUT2D eigenvalue weighted by Gasteiger charge is -2.16. The molecule has 3 nitrogen and oxygen atoms in total. The molecule has 0 aliphatic carbocycles. The second-order valence-electron chi connectivity index (χ2n) is 4.35. The average molecular weight is 299 g/mol. The molecule has 4 heteroatoms. The fourth-order valence-electron chi connectivity index (χ4n) is 1.56. The van der Waals surface area contributed by atoms with E-state index >= 15 is 0 Å². The topological polar surface area (TPSA) is 41.1 Å². The Morgan fingerprint density at radius 2 is 1.94 bits per heavy atom. The second-order valence-corrected chi connectivity index (χ2v) is 5.20. The zero-order valence-corrected chi connectivity index (χ0v) is 12.0. The maximum Gasteiger partial charge on any atom is 0.234 e. The molecule has 0 heterocycles. The molecule has 17 heavy (non-hydrogen) atoms. The normalized spacial score (nSPS) is 12.5. The average Bonchev–Trinajstić information content (AvgIpc) is 2.25. The molecule has 0 saturated carbocycles. The van der Waals surface area contributed by atoms with E-state index < -0.39 is 0 Å². The SMILES string of the molecule is CC(C)NC(=O)CN[C@H](C)c1ccccc1Br. The number of carbonyl (C=O) groups excluding carboxylic acids is 1. The van der Waals surface area contributed by atoms with Crippen molar-refractivity contribution < 1.29 is 4.79 Å². The molecule has 0 spiro atoms. The van der Waals surface area contributed by atoms with Gasteiger partial charge in [0.25, 0.3) is 0 Å². The predicted molar refractivity (Wildman–Crippen MR) is 73.8 cm³/mol. The molecule has 1 aromatic carbocycles. The minimum atomic E-state index is 0.0268. The highest BCUT2D eigenvalue weighted by Gasteiger charge is 2.10. The fourth-order valence-corrected chi connectivity index (χ4v) is 2.18. The number of hydrogen-bond acceptors (Lipinski definition) is 2. The number of amides is 1. The Morgan fingerprint density at radius 3 is 2.53 bits per heavy atom. The molecule has 2 N–H and O–H groups in total. The largest absolute Gasteiger partial charge is 0.353 e. The molecule has 0 radical (unpaired) electrons. The minimum absolute atomic E-state index is 0.0268. The molecule has 94 valence electrons. The Hall–Kier alpha value is -0.870. The van der Waals surface area contributed by atoms with Crippen LogP contribution in [-0.4, -0.2) is 18.5 Å². The van der Waals surface area contributed by atoms with Crippen molar-refractivity contribution in [1.29, 1.82) is 0 Å². The maximum atomic E-state index is 11.5. The highest BCUT2D eigenvalue weighted by Crippen LogP contribution is 2.22. The van der Waals surface area contributed by atoms with E-state index in [0.29, 0.717) is 6.54 Å². The summed E-state index contributed by atoms with van der Waals surface area (Å²) in [5.74, 6) is 0.0268. The van der Waals surface area contributed by atoms with E-state index in [9.17, 15) is 4.79 Å². The number of halogens is 1. The summed E-state index contributed by atoms with van der Waals surface area (Å²) in [4.78, 5) is 11.5. The predicted octanol–water partition coefficient (Wildman–Crippen LogP) is 2.62. The lowest BCUT2D eigenvalue weighted by molar-refractivity contribution is -0.120. The monoisotopic (exact) mass is 298 g/mol. The molecule has 1 aromatic rings. The van der Waals surface area contributed by atoms with Gasteiger partial charge >= 0.3 is 0 Å². The Labute approximate surface area is 111 Å². The molecule has 0 unspecified atom stereocenters. The van der Waals surface area contributed by atoms with Crippen molar-refractivity contribution in [2.24, 2.45) is 0 Å². The van der Waals surface area contributed by atoms with Gasteiger partial charge < -0.3 is 10.6 Å². The Morgan fingerprint density at radius 1 is 1.29 bits per heavy atom. The van der Waals surface area contributed by atoms with Crippen molar-refractivity contribution in [3.8, 4) is 0 Å². The van der Waals surface area contributed by atoms with Crippen LogP contribution in [0.3, 0.4) is 0 Å². The second kappa shape index (κ2) is 6.77. The van der Waals surface area contributed by atoms with Gasteiger partial charge in [-0.1, -0.05) is 34.1 Å². The summed E-state index contributed by atoms with van der Waals surface area (Å²) >= 11 is 3.50. The van der Waals surface area contributed by atoms with E-state index in [1.54, 1.807) is 0 Å². The quantitative estimate of drug-likeness (QED) is 0.877. The molecule has 0 aromatic heterocycles. The molecule has 0 bridgehead atoms. The van der Waals surface area contributed by atoms with Crippen LogP contribution in [0.4, 0.5) is 0 Å². The van der Waals surface area contributed by atoms with Crippen LogP contribution < -0.4 is 10.6 Å². The number of rotatable bonds is 5. The van der Waals surface area contributed by atoms with Crippen molar-refractivity contribution in [3.05, 3.63) is 34.3 Å². The van der Waals surface area contributed by atoms with Crippen molar-refractivity contribution in [2.75, 3.05) is 6.54 Å². The van der Waals surface area contributed by atoms with Crippen LogP contribution >= 0.6 is 15.9 Å². The standard InChI is InChI=1S/C13H19BrN2O/c1-9(2)16-13(17)8-15-10(3)11-6-4-5-7-12(11)14/h4-7,9-10,15H,8H2,1-3H3,(H,16,17)/t10-/m1/s1. The third-order valence-corrected chi connectivity index (χ3v) is 3.11. The van der Waals surface area contributed by atoms with E-state index in [4.69, 9.17) is 0 Å². The summed E-state index contributed by atoms with van der Waals surface area (Å²) in [6.45, 7) is 6.29. The smallest absolute Gasteiger partial charge is 0.234 e. The van der Waals surface area contributed by atoms with Crippen LogP contribution in [0.1, 0.15) is 32.4 Å². The Kier molecular flexibility index (Phi) is 5.65. The van der Waals surface area contributed by atoms with Crippen LogP contribution in [0, 0.1) is 0 Å². The molecular weight excluding hydrogens is 280 g/mol. The van der Waals surface area contributed by atoms with Gasteiger partial charge in [-0.25, -0.2) is 0 Å². The van der Waals surface area contributed by atoms with Gasteiger partial charge in [-0.3, -0.25) is 4.79 Å². The van der Waals surface area contributed by atoms with Gasteiger partial charge in [-0.2, -0.15) is 0 Å². The molecule has 0 aliphatic rings. The lowest BCUT2D eigenvalue weighted by atomic mass is 10.1. The highest BCUT2D eigenvalue weighted by atomic mass is 79.9. The molecule has 1 rings (SSSR count). The van der Waals surface area contributed by atoms with Gasteiger partial charge in [0, 0.05) is 16.6 Å². The van der Waals surface area contributed by atoms with Gasteiger partial charge in [0.1, 0.15) is 0 Å². The summed E-state index contributed by atoms with van der Waals surface area (Å²) in [5, 5.41) is 6.05. The minimum Gasteiger partial charge on any atom is -0.353 e. The van der Waals surface area contributed by atoms with Gasteiger partial charge in [-0.05, 0) is 32.4 Å². The molecule has 1 atom stereocenters. The van der Waals surface area contributed by atoms with Gasteiger partial charge in [0.2, 0.25) is 5.91 Å². The summed E-state index contributed by atoms with van der Waals surface area (Å²) < 4.78 is 1.06.